The van der Waals surface area contributed by atoms with E-state index >= 15 is 0 Å². The van der Waals surface area contributed by atoms with Crippen LogP contribution in [0, 0.1) is 6.92 Å². The second-order valence-electron chi connectivity index (χ2n) is 4.51. The van der Waals surface area contributed by atoms with Gasteiger partial charge in [-0.15, -0.1) is 11.3 Å². The lowest BCUT2D eigenvalue weighted by Crippen LogP contribution is -2.29. The van der Waals surface area contributed by atoms with Crippen LogP contribution >= 0.6 is 11.3 Å². The number of carbonyl (C=O) groups excluding carboxylic acids is 1. The Morgan fingerprint density at radius 2 is 2.37 bits per heavy atom. The third-order valence-corrected chi connectivity index (χ3v) is 3.43. The fourth-order valence-electron chi connectivity index (χ4n) is 1.69. The zero-order valence-corrected chi connectivity index (χ0v) is 12.1. The van der Waals surface area contributed by atoms with Gasteiger partial charge in [-0.05, 0) is 14.0 Å². The standard InChI is InChI=1S/C12H17N5OS/c1-9-8-19-12(14-9)7-16(2)6-11(18)15-10-4-13-17(3)5-10/h4-5,8H,6-7H2,1-3H3,(H,15,18). The van der Waals surface area contributed by atoms with Gasteiger partial charge in [0.25, 0.3) is 0 Å². The van der Waals surface area contributed by atoms with Crippen molar-refractivity contribution in [2.75, 3.05) is 18.9 Å². The first-order chi connectivity index (χ1) is 9.02. The van der Waals surface area contributed by atoms with Gasteiger partial charge in [0.2, 0.25) is 5.91 Å². The summed E-state index contributed by atoms with van der Waals surface area (Å²) in [5.74, 6) is -0.0521. The molecule has 0 saturated heterocycles. The van der Waals surface area contributed by atoms with E-state index in [0.717, 1.165) is 10.7 Å². The Morgan fingerprint density at radius 3 is 2.95 bits per heavy atom. The van der Waals surface area contributed by atoms with Crippen molar-refractivity contribution in [3.63, 3.8) is 0 Å². The number of amides is 1. The minimum absolute atomic E-state index is 0.0521. The highest BCUT2D eigenvalue weighted by Gasteiger charge is 2.09. The second-order valence-corrected chi connectivity index (χ2v) is 5.45. The quantitative estimate of drug-likeness (QED) is 0.895. The van der Waals surface area contributed by atoms with Crippen LogP contribution in [0.2, 0.25) is 0 Å². The average molecular weight is 279 g/mol. The summed E-state index contributed by atoms with van der Waals surface area (Å²) in [6.45, 7) is 2.97. The highest BCUT2D eigenvalue weighted by atomic mass is 32.1. The molecule has 0 aliphatic heterocycles. The summed E-state index contributed by atoms with van der Waals surface area (Å²) in [6, 6.07) is 0. The van der Waals surface area contributed by atoms with E-state index in [0.29, 0.717) is 18.8 Å². The number of thiazole rings is 1. The molecule has 6 nitrogen and oxygen atoms in total. The zero-order chi connectivity index (χ0) is 13.8. The molecule has 0 atom stereocenters. The molecule has 0 aromatic carbocycles. The maximum absolute atomic E-state index is 11.8. The van der Waals surface area contributed by atoms with Gasteiger partial charge < -0.3 is 5.32 Å². The molecule has 0 bridgehead atoms. The van der Waals surface area contributed by atoms with Crippen molar-refractivity contribution < 1.29 is 4.79 Å². The van der Waals surface area contributed by atoms with Crippen LogP contribution in [0.1, 0.15) is 10.7 Å². The van der Waals surface area contributed by atoms with Crippen LogP contribution in [-0.2, 0) is 18.4 Å². The number of rotatable bonds is 5. The van der Waals surface area contributed by atoms with Crippen molar-refractivity contribution in [2.24, 2.45) is 7.05 Å². The molecular formula is C12H17N5OS. The Balaban J connectivity index is 1.81. The fraction of sp³-hybridized carbons (Fsp3) is 0.417. The van der Waals surface area contributed by atoms with E-state index in [2.05, 4.69) is 15.4 Å². The van der Waals surface area contributed by atoms with E-state index < -0.39 is 0 Å². The maximum Gasteiger partial charge on any atom is 0.238 e. The number of hydrogen-bond acceptors (Lipinski definition) is 5. The Kier molecular flexibility index (Phi) is 4.28. The van der Waals surface area contributed by atoms with Crippen molar-refractivity contribution in [3.8, 4) is 0 Å². The summed E-state index contributed by atoms with van der Waals surface area (Å²) >= 11 is 1.61. The Morgan fingerprint density at radius 1 is 1.58 bits per heavy atom. The van der Waals surface area contributed by atoms with Crippen molar-refractivity contribution in [2.45, 2.75) is 13.5 Å². The molecule has 1 amide bonds. The van der Waals surface area contributed by atoms with Crippen LogP contribution in [-0.4, -0.2) is 39.2 Å². The van der Waals surface area contributed by atoms with Gasteiger partial charge in [0, 0.05) is 24.3 Å². The minimum Gasteiger partial charge on any atom is -0.322 e. The normalized spacial score (nSPS) is 10.9. The average Bonchev–Trinajstić information content (AvgIpc) is 2.87. The molecule has 0 unspecified atom stereocenters. The highest BCUT2D eigenvalue weighted by molar-refractivity contribution is 7.09. The Hall–Kier alpha value is -1.73. The molecule has 19 heavy (non-hydrogen) atoms. The summed E-state index contributed by atoms with van der Waals surface area (Å²) < 4.78 is 1.65. The smallest absolute Gasteiger partial charge is 0.238 e. The molecule has 2 rings (SSSR count). The van der Waals surface area contributed by atoms with Gasteiger partial charge >= 0.3 is 0 Å². The van der Waals surface area contributed by atoms with Gasteiger partial charge in [-0.2, -0.15) is 5.10 Å². The molecule has 0 fully saturated rings. The predicted molar refractivity (Wildman–Crippen MR) is 75.0 cm³/mol. The maximum atomic E-state index is 11.8. The van der Waals surface area contributed by atoms with Gasteiger partial charge in [-0.3, -0.25) is 14.4 Å². The Bertz CT molecular complexity index is 562. The van der Waals surface area contributed by atoms with Crippen LogP contribution in [0.3, 0.4) is 0 Å². The highest BCUT2D eigenvalue weighted by Crippen LogP contribution is 2.10. The second kappa shape index (κ2) is 5.94. The molecule has 7 heteroatoms. The van der Waals surface area contributed by atoms with E-state index in [1.807, 2.05) is 31.3 Å². The first kappa shape index (κ1) is 13.7. The largest absolute Gasteiger partial charge is 0.322 e. The number of anilines is 1. The molecule has 2 aromatic heterocycles. The number of nitrogens with zero attached hydrogens (tertiary/aromatic N) is 4. The van der Waals surface area contributed by atoms with Crippen molar-refractivity contribution in [1.82, 2.24) is 19.7 Å². The molecule has 0 aliphatic carbocycles. The minimum atomic E-state index is -0.0521. The molecule has 102 valence electrons. The summed E-state index contributed by atoms with van der Waals surface area (Å²) in [4.78, 5) is 18.1. The topological polar surface area (TPSA) is 63.1 Å². The molecule has 0 saturated carbocycles. The van der Waals surface area contributed by atoms with Gasteiger partial charge in [-0.25, -0.2) is 4.98 Å². The SMILES string of the molecule is Cc1csc(CN(C)CC(=O)Nc2cnn(C)c2)n1. The van der Waals surface area contributed by atoms with Crippen molar-refractivity contribution in [3.05, 3.63) is 28.5 Å². The monoisotopic (exact) mass is 279 g/mol. The fourth-order valence-corrected chi connectivity index (χ4v) is 2.54. The first-order valence-corrected chi connectivity index (χ1v) is 6.79. The lowest BCUT2D eigenvalue weighted by Gasteiger charge is -2.14. The summed E-state index contributed by atoms with van der Waals surface area (Å²) in [5.41, 5.74) is 1.74. The molecule has 0 aliphatic rings. The number of aryl methyl sites for hydroxylation is 2. The molecule has 0 spiro atoms. The van der Waals surface area contributed by atoms with Gasteiger partial charge in [-0.1, -0.05) is 0 Å². The van der Waals surface area contributed by atoms with Gasteiger partial charge in [0.1, 0.15) is 5.01 Å². The lowest BCUT2D eigenvalue weighted by molar-refractivity contribution is -0.117. The van der Waals surface area contributed by atoms with Crippen LogP contribution in [0.25, 0.3) is 0 Å². The first-order valence-electron chi connectivity index (χ1n) is 5.91. The van der Waals surface area contributed by atoms with E-state index in [9.17, 15) is 4.79 Å². The van der Waals surface area contributed by atoms with E-state index in [-0.39, 0.29) is 5.91 Å². The number of aromatic nitrogens is 3. The summed E-state index contributed by atoms with van der Waals surface area (Å²) in [7, 11) is 3.71. The van der Waals surface area contributed by atoms with Crippen LogP contribution in [0.4, 0.5) is 5.69 Å². The van der Waals surface area contributed by atoms with E-state index in [1.165, 1.54) is 0 Å². The lowest BCUT2D eigenvalue weighted by atomic mass is 10.4. The van der Waals surface area contributed by atoms with E-state index in [1.54, 1.807) is 28.4 Å². The van der Waals surface area contributed by atoms with Crippen LogP contribution in [0.15, 0.2) is 17.8 Å². The van der Waals surface area contributed by atoms with Crippen molar-refractivity contribution >= 4 is 22.9 Å². The predicted octanol–water partition coefficient (Wildman–Crippen LogP) is 1.26. The number of nitrogens with one attached hydrogen (secondary N) is 1. The summed E-state index contributed by atoms with van der Waals surface area (Å²) in [5, 5.41) is 9.84. The number of carbonyl (C=O) groups is 1. The third kappa shape index (κ3) is 4.15. The van der Waals surface area contributed by atoms with Gasteiger partial charge in [0.05, 0.1) is 25.0 Å². The van der Waals surface area contributed by atoms with Crippen molar-refractivity contribution in [1.29, 1.82) is 0 Å². The Labute approximate surface area is 116 Å². The molecule has 2 aromatic rings. The summed E-state index contributed by atoms with van der Waals surface area (Å²) in [6.07, 6.45) is 3.39. The van der Waals surface area contributed by atoms with E-state index in [4.69, 9.17) is 0 Å². The molecule has 2 heterocycles. The third-order valence-electron chi connectivity index (χ3n) is 2.47. The zero-order valence-electron chi connectivity index (χ0n) is 11.3. The number of hydrogen-bond donors (Lipinski definition) is 1. The van der Waals surface area contributed by atoms with Gasteiger partial charge in [0.15, 0.2) is 0 Å². The number of likely N-dealkylation sites (N-methyl/N-ethyl adjacent to an activating group) is 1. The van der Waals surface area contributed by atoms with Crippen LogP contribution < -0.4 is 5.32 Å². The molecule has 0 radical (unpaired) electrons. The molecular weight excluding hydrogens is 262 g/mol. The molecule has 1 N–H and O–H groups in total. The van der Waals surface area contributed by atoms with Crippen LogP contribution in [0.5, 0.6) is 0 Å².